The van der Waals surface area contributed by atoms with Crippen LogP contribution in [0, 0.1) is 0 Å². The van der Waals surface area contributed by atoms with E-state index in [1.807, 2.05) is 30.3 Å². The molecule has 2 aromatic rings. The molecule has 25 heavy (non-hydrogen) atoms. The molecule has 0 spiro atoms. The molecule has 0 radical (unpaired) electrons. The van der Waals surface area contributed by atoms with Crippen LogP contribution in [0.5, 0.6) is 0 Å². The Labute approximate surface area is 154 Å². The molecule has 0 heterocycles. The van der Waals surface area contributed by atoms with Crippen molar-refractivity contribution in [1.82, 2.24) is 4.72 Å². The van der Waals surface area contributed by atoms with Gasteiger partial charge in [0.15, 0.2) is 0 Å². The third-order valence-electron chi connectivity index (χ3n) is 4.38. The van der Waals surface area contributed by atoms with Gasteiger partial charge in [-0.15, -0.1) is 0 Å². The van der Waals surface area contributed by atoms with Crippen molar-refractivity contribution in [2.24, 2.45) is 0 Å². The first-order valence-corrected chi connectivity index (χ1v) is 10.4. The minimum absolute atomic E-state index is 0.191. The van der Waals surface area contributed by atoms with Gasteiger partial charge in [-0.1, -0.05) is 36.2 Å². The van der Waals surface area contributed by atoms with Gasteiger partial charge in [0, 0.05) is 5.02 Å². The summed E-state index contributed by atoms with van der Waals surface area (Å²) in [5.41, 5.74) is 0.825. The summed E-state index contributed by atoms with van der Waals surface area (Å²) in [5, 5.41) is 0.506. The Morgan fingerprint density at radius 2 is 1.60 bits per heavy atom. The van der Waals surface area contributed by atoms with Gasteiger partial charge < -0.3 is 0 Å². The van der Waals surface area contributed by atoms with Gasteiger partial charge >= 0.3 is 10.0 Å². The lowest BCUT2D eigenvalue weighted by atomic mass is 9.96. The summed E-state index contributed by atoms with van der Waals surface area (Å²) < 4.78 is 28.2. The Kier molecular flexibility index (Phi) is 5.76. The lowest BCUT2D eigenvalue weighted by Gasteiger charge is -2.17. The molecule has 0 bridgehead atoms. The SMILES string of the molecule is O=S(=O)(NC(=[NH+]C1CCCCC1)c1ccccc1)c1ccc(Cl)cc1. The molecule has 1 aliphatic rings. The molecule has 6 heteroatoms. The predicted octanol–water partition coefficient (Wildman–Crippen LogP) is 2.48. The van der Waals surface area contributed by atoms with Crippen LogP contribution < -0.4 is 9.71 Å². The van der Waals surface area contributed by atoms with E-state index in [9.17, 15) is 8.42 Å². The van der Waals surface area contributed by atoms with Gasteiger partial charge in [-0.2, -0.15) is 13.1 Å². The standard InChI is InChI=1S/C19H21ClN2O2S/c20-16-11-13-18(14-12-16)25(23,24)22-19(15-7-3-1-4-8-15)21-17-9-5-2-6-10-17/h1,3-4,7-8,11-14,17H,2,5-6,9-10H2,(H,21,22)/p+1. The second-order valence-corrected chi connectivity index (χ2v) is 8.40. The van der Waals surface area contributed by atoms with Crippen LogP contribution in [0.2, 0.25) is 5.02 Å². The zero-order valence-electron chi connectivity index (χ0n) is 13.9. The van der Waals surface area contributed by atoms with Crippen molar-refractivity contribution < 1.29 is 13.4 Å². The molecule has 0 amide bonds. The van der Waals surface area contributed by atoms with Crippen LogP contribution in [0.4, 0.5) is 0 Å². The van der Waals surface area contributed by atoms with Gasteiger partial charge in [0.05, 0.1) is 11.6 Å². The number of rotatable bonds is 4. The normalized spacial score (nSPS) is 16.6. The van der Waals surface area contributed by atoms with Gasteiger partial charge in [-0.05, 0) is 62.1 Å². The molecule has 0 saturated heterocycles. The maximum Gasteiger partial charge on any atom is 0.328 e. The van der Waals surface area contributed by atoms with Crippen LogP contribution in [-0.2, 0) is 10.0 Å². The lowest BCUT2D eigenvalue weighted by Crippen LogP contribution is -2.82. The second kappa shape index (κ2) is 8.02. The van der Waals surface area contributed by atoms with Gasteiger partial charge in [0.1, 0.15) is 4.90 Å². The summed E-state index contributed by atoms with van der Waals surface area (Å²) in [7, 11) is -3.68. The van der Waals surface area contributed by atoms with Crippen LogP contribution in [-0.4, -0.2) is 20.3 Å². The maximum atomic E-state index is 12.8. The summed E-state index contributed by atoms with van der Waals surface area (Å²) in [6.45, 7) is 0. The van der Waals surface area contributed by atoms with Crippen molar-refractivity contribution in [3.8, 4) is 0 Å². The van der Waals surface area contributed by atoms with Crippen molar-refractivity contribution in [2.45, 2.75) is 43.0 Å². The number of hydrogen-bond acceptors (Lipinski definition) is 2. The highest BCUT2D eigenvalue weighted by atomic mass is 35.5. The summed E-state index contributed by atoms with van der Waals surface area (Å²) in [4.78, 5) is 3.60. The van der Waals surface area contributed by atoms with E-state index in [1.165, 1.54) is 31.4 Å². The number of benzene rings is 2. The van der Waals surface area contributed by atoms with Crippen LogP contribution in [0.15, 0.2) is 59.5 Å². The highest BCUT2D eigenvalue weighted by molar-refractivity contribution is 7.90. The minimum atomic E-state index is -3.68. The fourth-order valence-corrected chi connectivity index (χ4v) is 4.22. The highest BCUT2D eigenvalue weighted by Gasteiger charge is 2.25. The van der Waals surface area contributed by atoms with E-state index in [-0.39, 0.29) is 10.9 Å². The topological polar surface area (TPSA) is 60.1 Å². The summed E-state index contributed by atoms with van der Waals surface area (Å²) in [6, 6.07) is 16.0. The molecule has 1 saturated carbocycles. The molecule has 2 N–H and O–H groups in total. The Balaban J connectivity index is 1.91. The molecule has 0 atom stereocenters. The molecule has 1 fully saturated rings. The van der Waals surface area contributed by atoms with Crippen LogP contribution in [0.1, 0.15) is 37.7 Å². The fourth-order valence-electron chi connectivity index (χ4n) is 3.03. The number of nitrogens with one attached hydrogen (secondary N) is 2. The zero-order chi connectivity index (χ0) is 17.7. The van der Waals surface area contributed by atoms with Crippen molar-refractivity contribution in [3.63, 3.8) is 0 Å². The van der Waals surface area contributed by atoms with Crippen molar-refractivity contribution in [3.05, 3.63) is 65.2 Å². The molecule has 4 nitrogen and oxygen atoms in total. The summed E-state index contributed by atoms with van der Waals surface area (Å²) >= 11 is 5.86. The Morgan fingerprint density at radius 3 is 2.24 bits per heavy atom. The average molecular weight is 378 g/mol. The molecule has 132 valence electrons. The Morgan fingerprint density at radius 1 is 0.960 bits per heavy atom. The molecule has 0 aromatic heterocycles. The van der Waals surface area contributed by atoms with Crippen LogP contribution >= 0.6 is 11.6 Å². The number of hydrogen-bond donors (Lipinski definition) is 2. The monoisotopic (exact) mass is 377 g/mol. The van der Waals surface area contributed by atoms with E-state index in [2.05, 4.69) is 9.71 Å². The minimum Gasteiger partial charge on any atom is -0.271 e. The van der Waals surface area contributed by atoms with Gasteiger partial charge in [-0.3, -0.25) is 4.99 Å². The molecular weight excluding hydrogens is 356 g/mol. The van der Waals surface area contributed by atoms with E-state index < -0.39 is 10.0 Å². The molecular formula is C19H22ClN2O2S+. The molecule has 0 unspecified atom stereocenters. The van der Waals surface area contributed by atoms with Gasteiger partial charge in [-0.25, -0.2) is 0 Å². The predicted molar refractivity (Wildman–Crippen MR) is 100 cm³/mol. The number of amidine groups is 1. The second-order valence-electron chi connectivity index (χ2n) is 6.28. The third kappa shape index (κ3) is 4.83. The average Bonchev–Trinajstić information content (AvgIpc) is 2.63. The summed E-state index contributed by atoms with van der Waals surface area (Å²) in [6.07, 6.45) is 5.70. The van der Waals surface area contributed by atoms with E-state index in [0.29, 0.717) is 10.9 Å². The zero-order valence-corrected chi connectivity index (χ0v) is 15.5. The summed E-state index contributed by atoms with van der Waals surface area (Å²) in [5.74, 6) is 0.530. The molecule has 1 aliphatic carbocycles. The van der Waals surface area contributed by atoms with Crippen molar-refractivity contribution >= 4 is 27.5 Å². The fraction of sp³-hybridized carbons (Fsp3) is 0.316. The van der Waals surface area contributed by atoms with E-state index in [1.54, 1.807) is 12.1 Å². The largest absolute Gasteiger partial charge is 0.328 e. The molecule has 0 aliphatic heterocycles. The first-order chi connectivity index (χ1) is 12.0. The van der Waals surface area contributed by atoms with E-state index in [4.69, 9.17) is 11.6 Å². The van der Waals surface area contributed by atoms with Gasteiger partial charge in [0.2, 0.25) is 0 Å². The maximum absolute atomic E-state index is 12.8. The molecule has 3 rings (SSSR count). The van der Waals surface area contributed by atoms with E-state index >= 15 is 0 Å². The lowest BCUT2D eigenvalue weighted by molar-refractivity contribution is -0.508. The number of sulfonamides is 1. The van der Waals surface area contributed by atoms with Crippen LogP contribution in [0.25, 0.3) is 0 Å². The third-order valence-corrected chi connectivity index (χ3v) is 5.99. The van der Waals surface area contributed by atoms with Crippen LogP contribution in [0.3, 0.4) is 0 Å². The Bertz CT molecular complexity index is 827. The van der Waals surface area contributed by atoms with Crippen molar-refractivity contribution in [2.75, 3.05) is 0 Å². The Hall–Kier alpha value is -1.85. The van der Waals surface area contributed by atoms with E-state index in [0.717, 1.165) is 18.4 Å². The quantitative estimate of drug-likeness (QED) is 0.635. The highest BCUT2D eigenvalue weighted by Crippen LogP contribution is 2.15. The smallest absolute Gasteiger partial charge is 0.271 e. The molecule has 2 aromatic carbocycles. The van der Waals surface area contributed by atoms with Crippen molar-refractivity contribution in [1.29, 1.82) is 0 Å². The number of halogens is 1. The first kappa shape index (κ1) is 18.0. The first-order valence-electron chi connectivity index (χ1n) is 8.52. The van der Waals surface area contributed by atoms with Gasteiger partial charge in [0.25, 0.3) is 5.84 Å².